The van der Waals surface area contributed by atoms with Crippen LogP contribution in [0.3, 0.4) is 0 Å². The highest BCUT2D eigenvalue weighted by atomic mass is 79.9. The standard InChI is InChI=1S/C14H8BrFN2O2/c15-9-4-8(5-17-6-9)7-18-12-10(13(19)14(18)20)2-1-3-11(12)16/h1-6H,7H2. The number of anilines is 1. The van der Waals surface area contributed by atoms with Gasteiger partial charge in [-0.15, -0.1) is 0 Å². The molecule has 100 valence electrons. The van der Waals surface area contributed by atoms with Crippen molar-refractivity contribution < 1.29 is 14.0 Å². The molecule has 1 aromatic heterocycles. The van der Waals surface area contributed by atoms with E-state index in [2.05, 4.69) is 20.9 Å². The number of pyridine rings is 1. The Morgan fingerprint density at radius 1 is 1.25 bits per heavy atom. The van der Waals surface area contributed by atoms with Crippen LogP contribution in [0.1, 0.15) is 15.9 Å². The molecule has 2 heterocycles. The van der Waals surface area contributed by atoms with Gasteiger partial charge in [-0.3, -0.25) is 19.5 Å². The summed E-state index contributed by atoms with van der Waals surface area (Å²) in [5.41, 5.74) is 0.858. The summed E-state index contributed by atoms with van der Waals surface area (Å²) >= 11 is 3.28. The first-order valence-electron chi connectivity index (χ1n) is 5.82. The van der Waals surface area contributed by atoms with Gasteiger partial charge in [0.05, 0.1) is 17.8 Å². The van der Waals surface area contributed by atoms with Gasteiger partial charge in [-0.2, -0.15) is 0 Å². The van der Waals surface area contributed by atoms with Crippen molar-refractivity contribution in [1.82, 2.24) is 4.98 Å². The summed E-state index contributed by atoms with van der Waals surface area (Å²) in [6.45, 7) is 0.102. The average Bonchev–Trinajstić information content (AvgIpc) is 2.66. The van der Waals surface area contributed by atoms with Gasteiger partial charge in [-0.1, -0.05) is 6.07 Å². The van der Waals surface area contributed by atoms with Crippen molar-refractivity contribution in [3.8, 4) is 0 Å². The van der Waals surface area contributed by atoms with Crippen LogP contribution >= 0.6 is 15.9 Å². The first-order chi connectivity index (χ1) is 9.58. The lowest BCUT2D eigenvalue weighted by atomic mass is 10.1. The Bertz CT molecular complexity index is 733. The summed E-state index contributed by atoms with van der Waals surface area (Å²) in [6, 6.07) is 5.88. The second-order valence-corrected chi connectivity index (χ2v) is 5.28. The number of nitrogens with zero attached hydrogens (tertiary/aromatic N) is 2. The molecule has 0 unspecified atom stereocenters. The van der Waals surface area contributed by atoms with Crippen LogP contribution in [0.25, 0.3) is 0 Å². The van der Waals surface area contributed by atoms with Gasteiger partial charge in [-0.25, -0.2) is 4.39 Å². The van der Waals surface area contributed by atoms with Crippen LogP contribution in [-0.4, -0.2) is 16.7 Å². The largest absolute Gasteiger partial charge is 0.299 e. The highest BCUT2D eigenvalue weighted by Crippen LogP contribution is 2.32. The first-order valence-corrected chi connectivity index (χ1v) is 6.61. The molecule has 0 radical (unpaired) electrons. The van der Waals surface area contributed by atoms with Gasteiger partial charge in [-0.05, 0) is 39.7 Å². The number of benzene rings is 1. The van der Waals surface area contributed by atoms with Crippen molar-refractivity contribution in [2.24, 2.45) is 0 Å². The van der Waals surface area contributed by atoms with E-state index in [1.165, 1.54) is 18.2 Å². The number of para-hydroxylation sites is 1. The minimum Gasteiger partial charge on any atom is -0.297 e. The number of fused-ring (bicyclic) bond motifs is 1. The minimum atomic E-state index is -0.718. The molecule has 1 aliphatic heterocycles. The van der Waals surface area contributed by atoms with Crippen LogP contribution < -0.4 is 4.90 Å². The van der Waals surface area contributed by atoms with E-state index in [0.29, 0.717) is 5.56 Å². The van der Waals surface area contributed by atoms with E-state index in [1.807, 2.05) is 0 Å². The lowest BCUT2D eigenvalue weighted by Gasteiger charge is -2.16. The Morgan fingerprint density at radius 3 is 2.80 bits per heavy atom. The molecule has 1 aliphatic rings. The Kier molecular flexibility index (Phi) is 3.10. The summed E-state index contributed by atoms with van der Waals surface area (Å²) < 4.78 is 14.7. The lowest BCUT2D eigenvalue weighted by molar-refractivity contribution is -0.114. The van der Waals surface area contributed by atoms with Gasteiger partial charge in [0.15, 0.2) is 0 Å². The Labute approximate surface area is 122 Å². The summed E-state index contributed by atoms with van der Waals surface area (Å²) in [5, 5.41) is 0. The molecule has 20 heavy (non-hydrogen) atoms. The second-order valence-electron chi connectivity index (χ2n) is 4.37. The normalized spacial score (nSPS) is 13.8. The zero-order valence-corrected chi connectivity index (χ0v) is 11.7. The number of aromatic nitrogens is 1. The number of ketones is 1. The molecule has 1 amide bonds. The predicted octanol–water partition coefficient (Wildman–Crippen LogP) is 2.71. The maximum absolute atomic E-state index is 13.9. The molecule has 0 atom stereocenters. The Hall–Kier alpha value is -2.08. The number of amides is 1. The van der Waals surface area contributed by atoms with Crippen LogP contribution in [0.2, 0.25) is 0 Å². The highest BCUT2D eigenvalue weighted by molar-refractivity contribution is 9.10. The van der Waals surface area contributed by atoms with Gasteiger partial charge in [0.25, 0.3) is 11.7 Å². The Morgan fingerprint density at radius 2 is 2.05 bits per heavy atom. The third-order valence-corrected chi connectivity index (χ3v) is 3.48. The van der Waals surface area contributed by atoms with Crippen LogP contribution in [0.15, 0.2) is 41.1 Å². The minimum absolute atomic E-state index is 0.0440. The second kappa shape index (κ2) is 4.79. The van der Waals surface area contributed by atoms with Crippen molar-refractivity contribution in [3.63, 3.8) is 0 Å². The number of Topliss-reactive ketones (excluding diaryl/α,β-unsaturated/α-hetero) is 1. The van der Waals surface area contributed by atoms with Crippen LogP contribution in [0.4, 0.5) is 10.1 Å². The molecule has 2 aromatic rings. The van der Waals surface area contributed by atoms with Crippen molar-refractivity contribution in [3.05, 3.63) is 58.1 Å². The van der Waals surface area contributed by atoms with Gasteiger partial charge in [0.2, 0.25) is 0 Å². The molecule has 1 aromatic carbocycles. The van der Waals surface area contributed by atoms with Crippen molar-refractivity contribution in [1.29, 1.82) is 0 Å². The van der Waals surface area contributed by atoms with Crippen LogP contribution in [0.5, 0.6) is 0 Å². The van der Waals surface area contributed by atoms with E-state index in [9.17, 15) is 14.0 Å². The summed E-state index contributed by atoms with van der Waals surface area (Å²) in [6.07, 6.45) is 3.18. The van der Waals surface area contributed by atoms with Crippen LogP contribution in [0, 0.1) is 5.82 Å². The number of carbonyl (C=O) groups excluding carboxylic acids is 2. The topological polar surface area (TPSA) is 50.3 Å². The highest BCUT2D eigenvalue weighted by Gasteiger charge is 2.37. The molecule has 0 saturated carbocycles. The molecule has 0 saturated heterocycles. The van der Waals surface area contributed by atoms with E-state index < -0.39 is 17.5 Å². The monoisotopic (exact) mass is 334 g/mol. The van der Waals surface area contributed by atoms with E-state index >= 15 is 0 Å². The molecule has 0 N–H and O–H groups in total. The molecule has 4 nitrogen and oxygen atoms in total. The summed E-state index contributed by atoms with van der Waals surface area (Å²) in [4.78, 5) is 28.9. The zero-order valence-electron chi connectivity index (χ0n) is 10.1. The Balaban J connectivity index is 2.03. The fraction of sp³-hybridized carbons (Fsp3) is 0.0714. The third kappa shape index (κ3) is 2.02. The maximum Gasteiger partial charge on any atom is 0.299 e. The quantitative estimate of drug-likeness (QED) is 0.793. The molecule has 0 bridgehead atoms. The molecular weight excluding hydrogens is 327 g/mol. The zero-order chi connectivity index (χ0) is 14.3. The van der Waals surface area contributed by atoms with Crippen LogP contribution in [-0.2, 0) is 11.3 Å². The fourth-order valence-electron chi connectivity index (χ4n) is 2.19. The fourth-order valence-corrected chi connectivity index (χ4v) is 2.60. The van der Waals surface area contributed by atoms with Gasteiger partial charge >= 0.3 is 0 Å². The number of hydrogen-bond donors (Lipinski definition) is 0. The number of hydrogen-bond acceptors (Lipinski definition) is 3. The first kappa shape index (κ1) is 12.9. The molecular formula is C14H8BrFN2O2. The van der Waals surface area contributed by atoms with Gasteiger partial charge in [0.1, 0.15) is 5.82 Å². The lowest BCUT2D eigenvalue weighted by Crippen LogP contribution is -2.29. The van der Waals surface area contributed by atoms with E-state index in [0.717, 1.165) is 9.37 Å². The summed E-state index contributed by atoms with van der Waals surface area (Å²) in [5.74, 6) is -1.97. The van der Waals surface area contributed by atoms with Gasteiger partial charge in [0, 0.05) is 16.9 Å². The predicted molar refractivity (Wildman–Crippen MR) is 73.9 cm³/mol. The molecule has 6 heteroatoms. The van der Waals surface area contributed by atoms with E-state index in [4.69, 9.17) is 0 Å². The van der Waals surface area contributed by atoms with Gasteiger partial charge < -0.3 is 0 Å². The number of carbonyl (C=O) groups is 2. The van der Waals surface area contributed by atoms with Crippen molar-refractivity contribution in [2.75, 3.05) is 4.90 Å². The van der Waals surface area contributed by atoms with E-state index in [1.54, 1.807) is 18.5 Å². The average molecular weight is 335 g/mol. The van der Waals surface area contributed by atoms with Crippen molar-refractivity contribution >= 4 is 33.3 Å². The maximum atomic E-state index is 13.9. The third-order valence-electron chi connectivity index (χ3n) is 3.04. The molecule has 0 aliphatic carbocycles. The smallest absolute Gasteiger partial charge is 0.297 e. The molecule has 0 fully saturated rings. The molecule has 3 rings (SSSR count). The SMILES string of the molecule is O=C1C(=O)N(Cc2cncc(Br)c2)c2c(F)cccc21. The van der Waals surface area contributed by atoms with E-state index in [-0.39, 0.29) is 17.8 Å². The summed E-state index contributed by atoms with van der Waals surface area (Å²) in [7, 11) is 0. The number of halogens is 2. The van der Waals surface area contributed by atoms with Crippen molar-refractivity contribution in [2.45, 2.75) is 6.54 Å². The number of rotatable bonds is 2. The molecule has 0 spiro atoms.